The van der Waals surface area contributed by atoms with Gasteiger partial charge in [0.1, 0.15) is 6.54 Å². The lowest BCUT2D eigenvalue weighted by atomic mass is 10.1. The molecule has 0 aliphatic carbocycles. The Kier molecular flexibility index (Phi) is 7.09. The van der Waals surface area contributed by atoms with E-state index in [0.29, 0.717) is 0 Å². The molecule has 0 aromatic heterocycles. The highest BCUT2D eigenvalue weighted by Gasteiger charge is 2.18. The number of carbonyl (C=O) groups is 3. The van der Waals surface area contributed by atoms with Crippen LogP contribution in [0.15, 0.2) is 0 Å². The quantitative estimate of drug-likeness (QED) is 0.681. The molecule has 0 spiro atoms. The van der Waals surface area contributed by atoms with Gasteiger partial charge in [-0.15, -0.1) is 6.42 Å². The number of terminal acetylenes is 1. The molecule has 1 rings (SSSR count). The lowest BCUT2D eigenvalue weighted by molar-refractivity contribution is -0.137. The summed E-state index contributed by atoms with van der Waals surface area (Å²) in [5, 5.41) is 11.2. The average molecular weight is 295 g/mol. The predicted molar refractivity (Wildman–Crippen MR) is 76.5 cm³/mol. The molecular weight excluding hydrogens is 274 g/mol. The van der Waals surface area contributed by atoms with Gasteiger partial charge in [0.2, 0.25) is 5.91 Å². The van der Waals surface area contributed by atoms with E-state index in [-0.39, 0.29) is 25.4 Å². The van der Waals surface area contributed by atoms with Crippen molar-refractivity contribution in [3.8, 4) is 12.3 Å². The third-order valence-electron chi connectivity index (χ3n) is 3.22. The summed E-state index contributed by atoms with van der Waals surface area (Å²) in [5.74, 6) is 1.11. The molecule has 7 heteroatoms. The van der Waals surface area contributed by atoms with Crippen LogP contribution in [0.1, 0.15) is 25.7 Å². The zero-order chi connectivity index (χ0) is 15.7. The molecule has 0 aromatic rings. The monoisotopic (exact) mass is 295 g/mol. The third kappa shape index (κ3) is 6.17. The summed E-state index contributed by atoms with van der Waals surface area (Å²) in [5.41, 5.74) is 0. The third-order valence-corrected chi connectivity index (χ3v) is 3.22. The van der Waals surface area contributed by atoms with Crippen LogP contribution in [0.4, 0.5) is 4.79 Å². The maximum absolute atomic E-state index is 11.9. The van der Waals surface area contributed by atoms with Crippen molar-refractivity contribution in [1.29, 1.82) is 0 Å². The molecule has 1 fully saturated rings. The van der Waals surface area contributed by atoms with Crippen molar-refractivity contribution in [3.63, 3.8) is 0 Å². The van der Waals surface area contributed by atoms with Crippen LogP contribution in [-0.2, 0) is 9.59 Å². The molecule has 7 nitrogen and oxygen atoms in total. The summed E-state index contributed by atoms with van der Waals surface area (Å²) in [6.45, 7) is 1.17. The van der Waals surface area contributed by atoms with E-state index in [1.54, 1.807) is 4.90 Å². The number of likely N-dealkylation sites (tertiary alicyclic amines) is 1. The summed E-state index contributed by atoms with van der Waals surface area (Å²) in [6, 6.07) is -0.568. The van der Waals surface area contributed by atoms with Crippen molar-refractivity contribution in [2.24, 2.45) is 0 Å². The zero-order valence-electron chi connectivity index (χ0n) is 12.0. The fraction of sp³-hybridized carbons (Fsp3) is 0.643. The van der Waals surface area contributed by atoms with Gasteiger partial charge in [-0.2, -0.15) is 0 Å². The molecule has 1 aliphatic heterocycles. The van der Waals surface area contributed by atoms with E-state index in [4.69, 9.17) is 11.5 Å². The van der Waals surface area contributed by atoms with Crippen molar-refractivity contribution >= 4 is 17.9 Å². The number of carbonyl (C=O) groups excluding carboxylic acids is 2. The molecule has 1 saturated heterocycles. The summed E-state index contributed by atoms with van der Waals surface area (Å²) < 4.78 is 0. The maximum atomic E-state index is 11.9. The molecule has 116 valence electrons. The second-order valence-electron chi connectivity index (χ2n) is 4.88. The minimum atomic E-state index is -1.13. The standard InChI is InChI=1S/C14H21N3O4/c1-2-8-17(11-13(19)20)14(21)15-7-6-12(18)16-9-4-3-5-10-16/h1H,3-11H2,(H,15,21)(H,19,20). The first-order valence-corrected chi connectivity index (χ1v) is 7.00. The molecule has 3 amide bonds. The Labute approximate surface area is 124 Å². The van der Waals surface area contributed by atoms with Crippen LogP contribution in [-0.4, -0.2) is 65.5 Å². The number of carboxylic acids is 1. The van der Waals surface area contributed by atoms with E-state index in [0.717, 1.165) is 37.3 Å². The van der Waals surface area contributed by atoms with Crippen LogP contribution in [0.2, 0.25) is 0 Å². The molecule has 0 bridgehead atoms. The Morgan fingerprint density at radius 2 is 1.90 bits per heavy atom. The van der Waals surface area contributed by atoms with E-state index in [1.807, 2.05) is 0 Å². The minimum absolute atomic E-state index is 0.0109. The molecule has 0 radical (unpaired) electrons. The second-order valence-corrected chi connectivity index (χ2v) is 4.88. The van der Waals surface area contributed by atoms with Gasteiger partial charge in [-0.1, -0.05) is 5.92 Å². The summed E-state index contributed by atoms with van der Waals surface area (Å²) in [4.78, 5) is 37.1. The maximum Gasteiger partial charge on any atom is 0.323 e. The van der Waals surface area contributed by atoms with E-state index < -0.39 is 18.5 Å². The number of carboxylic acid groups (broad SMARTS) is 1. The van der Waals surface area contributed by atoms with Gasteiger partial charge in [0.25, 0.3) is 0 Å². The van der Waals surface area contributed by atoms with Crippen molar-refractivity contribution < 1.29 is 19.5 Å². The molecular formula is C14H21N3O4. The number of hydrogen-bond acceptors (Lipinski definition) is 3. The van der Waals surface area contributed by atoms with Crippen LogP contribution in [0, 0.1) is 12.3 Å². The van der Waals surface area contributed by atoms with Crippen LogP contribution in [0.3, 0.4) is 0 Å². The number of urea groups is 1. The Morgan fingerprint density at radius 3 is 2.48 bits per heavy atom. The first-order valence-electron chi connectivity index (χ1n) is 7.00. The summed E-state index contributed by atoms with van der Waals surface area (Å²) in [6.07, 6.45) is 8.49. The number of piperidine rings is 1. The van der Waals surface area contributed by atoms with E-state index >= 15 is 0 Å². The first-order chi connectivity index (χ1) is 10.0. The normalized spacial score (nSPS) is 14.1. The number of nitrogens with one attached hydrogen (secondary N) is 1. The van der Waals surface area contributed by atoms with E-state index in [1.165, 1.54) is 0 Å². The fourth-order valence-electron chi connectivity index (χ4n) is 2.16. The summed E-state index contributed by atoms with van der Waals surface area (Å²) in [7, 11) is 0. The lowest BCUT2D eigenvalue weighted by Gasteiger charge is -2.27. The number of nitrogens with zero attached hydrogens (tertiary/aromatic N) is 2. The predicted octanol–water partition coefficient (Wildman–Crippen LogP) is 0.118. The lowest BCUT2D eigenvalue weighted by Crippen LogP contribution is -2.44. The van der Waals surface area contributed by atoms with Crippen LogP contribution in [0.25, 0.3) is 0 Å². The first kappa shape index (κ1) is 16.8. The largest absolute Gasteiger partial charge is 0.480 e. The Bertz CT molecular complexity index is 424. The van der Waals surface area contributed by atoms with Gasteiger partial charge in [-0.25, -0.2) is 4.79 Å². The van der Waals surface area contributed by atoms with E-state index in [9.17, 15) is 14.4 Å². The number of rotatable bonds is 6. The second kappa shape index (κ2) is 8.84. The van der Waals surface area contributed by atoms with Crippen LogP contribution >= 0.6 is 0 Å². The van der Waals surface area contributed by atoms with Crippen LogP contribution in [0.5, 0.6) is 0 Å². The molecule has 21 heavy (non-hydrogen) atoms. The SMILES string of the molecule is C#CCN(CC(=O)O)C(=O)NCCC(=O)N1CCCCC1. The van der Waals surface area contributed by atoms with E-state index in [2.05, 4.69) is 11.2 Å². The average Bonchev–Trinajstić information content (AvgIpc) is 2.47. The Hall–Kier alpha value is -2.23. The van der Waals surface area contributed by atoms with Gasteiger partial charge in [-0.3, -0.25) is 9.59 Å². The minimum Gasteiger partial charge on any atom is -0.480 e. The topological polar surface area (TPSA) is 90.0 Å². The molecule has 0 atom stereocenters. The highest BCUT2D eigenvalue weighted by atomic mass is 16.4. The zero-order valence-corrected chi connectivity index (χ0v) is 12.0. The Morgan fingerprint density at radius 1 is 1.24 bits per heavy atom. The van der Waals surface area contributed by atoms with Crippen molar-refractivity contribution in [2.45, 2.75) is 25.7 Å². The van der Waals surface area contributed by atoms with Gasteiger partial charge >= 0.3 is 12.0 Å². The molecule has 2 N–H and O–H groups in total. The highest BCUT2D eigenvalue weighted by molar-refractivity contribution is 5.81. The van der Waals surface area contributed by atoms with Gasteiger partial charge < -0.3 is 20.2 Å². The number of hydrogen-bond donors (Lipinski definition) is 2. The number of amides is 3. The highest BCUT2D eigenvalue weighted by Crippen LogP contribution is 2.09. The molecule has 1 aliphatic rings. The van der Waals surface area contributed by atoms with Crippen molar-refractivity contribution in [1.82, 2.24) is 15.1 Å². The Balaban J connectivity index is 2.32. The van der Waals surface area contributed by atoms with Crippen molar-refractivity contribution in [2.75, 3.05) is 32.7 Å². The van der Waals surface area contributed by atoms with Gasteiger partial charge in [-0.05, 0) is 19.3 Å². The van der Waals surface area contributed by atoms with Crippen LogP contribution < -0.4 is 5.32 Å². The van der Waals surface area contributed by atoms with Crippen molar-refractivity contribution in [3.05, 3.63) is 0 Å². The van der Waals surface area contributed by atoms with Gasteiger partial charge in [0.15, 0.2) is 0 Å². The fourth-order valence-corrected chi connectivity index (χ4v) is 2.16. The molecule has 0 aromatic carbocycles. The van der Waals surface area contributed by atoms with Gasteiger partial charge in [0, 0.05) is 26.1 Å². The molecule has 1 heterocycles. The smallest absolute Gasteiger partial charge is 0.323 e. The van der Waals surface area contributed by atoms with Gasteiger partial charge in [0.05, 0.1) is 6.54 Å². The molecule has 0 unspecified atom stereocenters. The molecule has 0 saturated carbocycles. The summed E-state index contributed by atoms with van der Waals surface area (Å²) >= 11 is 0. The number of aliphatic carboxylic acids is 1.